The third-order valence-electron chi connectivity index (χ3n) is 5.04. The average molecular weight is 369 g/mol. The second kappa shape index (κ2) is 7.31. The molecular weight excluding hydrogens is 341 g/mol. The highest BCUT2D eigenvalue weighted by molar-refractivity contribution is 5.98. The van der Waals surface area contributed by atoms with E-state index in [1.165, 1.54) is 0 Å². The molecule has 0 aliphatic heterocycles. The smallest absolute Gasteiger partial charge is 0.150 e. The molecule has 0 fully saturated rings. The Bertz CT molecular complexity index is 874. The van der Waals surface area contributed by atoms with E-state index in [1.807, 2.05) is 32.0 Å². The fraction of sp³-hybridized carbons (Fsp3) is 0.409. The van der Waals surface area contributed by atoms with Crippen molar-refractivity contribution in [3.8, 4) is 11.1 Å². The van der Waals surface area contributed by atoms with Gasteiger partial charge in [0.05, 0.1) is 12.1 Å². The number of hydrazone groups is 1. The normalized spacial score (nSPS) is 14.4. The molecule has 5 heteroatoms. The number of fused-ring (bicyclic) bond motifs is 1. The number of hydrogen-bond donors (Lipinski definition) is 3. The van der Waals surface area contributed by atoms with Gasteiger partial charge in [-0.25, -0.2) is 4.39 Å². The van der Waals surface area contributed by atoms with E-state index in [0.717, 1.165) is 58.2 Å². The molecule has 2 aromatic rings. The standard InChI is InChI=1S/C22H28FN3O/c1-13-10-15(21(24)26-25-12-22(3,4)27)11-14(2)20(13)18-8-9-19(23)17-7-5-6-16(17)18/h8-11,25,27H,5-7,12H2,1-4H3,(H2,24,26). The molecule has 4 nitrogen and oxygen atoms in total. The predicted molar refractivity (Wildman–Crippen MR) is 108 cm³/mol. The minimum absolute atomic E-state index is 0.0903. The van der Waals surface area contributed by atoms with Crippen molar-refractivity contribution in [2.45, 2.75) is 52.6 Å². The van der Waals surface area contributed by atoms with Crippen LogP contribution >= 0.6 is 0 Å². The van der Waals surface area contributed by atoms with Crippen LogP contribution < -0.4 is 11.2 Å². The van der Waals surface area contributed by atoms with Crippen molar-refractivity contribution in [3.05, 3.63) is 57.9 Å². The van der Waals surface area contributed by atoms with Crippen LogP contribution in [0.1, 0.15) is 48.1 Å². The van der Waals surface area contributed by atoms with Gasteiger partial charge in [0.25, 0.3) is 0 Å². The van der Waals surface area contributed by atoms with E-state index in [9.17, 15) is 9.50 Å². The second-order valence-corrected chi connectivity index (χ2v) is 8.04. The number of aryl methyl sites for hydroxylation is 2. The second-order valence-electron chi connectivity index (χ2n) is 8.04. The molecule has 2 aromatic carbocycles. The van der Waals surface area contributed by atoms with Gasteiger partial charge in [-0.2, -0.15) is 5.10 Å². The number of nitrogens with one attached hydrogen (secondary N) is 1. The summed E-state index contributed by atoms with van der Waals surface area (Å²) in [6.45, 7) is 7.82. The van der Waals surface area contributed by atoms with Crippen LogP contribution in [0, 0.1) is 19.7 Å². The maximum Gasteiger partial charge on any atom is 0.150 e. The summed E-state index contributed by atoms with van der Waals surface area (Å²) in [6, 6.07) is 7.51. The Balaban J connectivity index is 1.95. The number of rotatable bonds is 5. The zero-order chi connectivity index (χ0) is 19.8. The quantitative estimate of drug-likeness (QED) is 0.429. The zero-order valence-corrected chi connectivity index (χ0v) is 16.5. The van der Waals surface area contributed by atoms with Gasteiger partial charge in [0, 0.05) is 5.56 Å². The third kappa shape index (κ3) is 4.14. The van der Waals surface area contributed by atoms with E-state index in [-0.39, 0.29) is 5.82 Å². The van der Waals surface area contributed by atoms with Crippen molar-refractivity contribution < 1.29 is 9.50 Å². The molecule has 0 spiro atoms. The van der Waals surface area contributed by atoms with Crippen LogP contribution in [0.15, 0.2) is 29.4 Å². The molecule has 0 unspecified atom stereocenters. The lowest BCUT2D eigenvalue weighted by molar-refractivity contribution is 0.0803. The van der Waals surface area contributed by atoms with Gasteiger partial charge >= 0.3 is 0 Å². The van der Waals surface area contributed by atoms with Crippen LogP contribution in [-0.4, -0.2) is 23.1 Å². The Morgan fingerprint density at radius 3 is 2.44 bits per heavy atom. The van der Waals surface area contributed by atoms with E-state index in [0.29, 0.717) is 12.4 Å². The first-order valence-electron chi connectivity index (χ1n) is 9.38. The number of nitrogens with zero attached hydrogens (tertiary/aromatic N) is 1. The molecule has 0 saturated carbocycles. The van der Waals surface area contributed by atoms with Crippen LogP contribution in [-0.2, 0) is 12.8 Å². The summed E-state index contributed by atoms with van der Waals surface area (Å²) < 4.78 is 14.1. The van der Waals surface area contributed by atoms with Gasteiger partial charge in [-0.3, -0.25) is 0 Å². The van der Waals surface area contributed by atoms with Gasteiger partial charge in [0.1, 0.15) is 5.82 Å². The van der Waals surface area contributed by atoms with E-state index in [1.54, 1.807) is 19.9 Å². The van der Waals surface area contributed by atoms with Crippen LogP contribution in [0.3, 0.4) is 0 Å². The van der Waals surface area contributed by atoms with E-state index < -0.39 is 5.60 Å². The minimum Gasteiger partial charge on any atom is -0.389 e. The fourth-order valence-corrected chi connectivity index (χ4v) is 3.82. The van der Waals surface area contributed by atoms with Crippen molar-refractivity contribution in [3.63, 3.8) is 0 Å². The number of benzene rings is 2. The largest absolute Gasteiger partial charge is 0.389 e. The Morgan fingerprint density at radius 1 is 1.19 bits per heavy atom. The lowest BCUT2D eigenvalue weighted by atomic mass is 9.89. The van der Waals surface area contributed by atoms with Crippen molar-refractivity contribution in [1.29, 1.82) is 0 Å². The molecule has 4 N–H and O–H groups in total. The molecule has 0 bridgehead atoms. The van der Waals surface area contributed by atoms with Crippen LogP contribution in [0.2, 0.25) is 0 Å². The summed E-state index contributed by atoms with van der Waals surface area (Å²) in [4.78, 5) is 0. The summed E-state index contributed by atoms with van der Waals surface area (Å²) in [5.74, 6) is 0.286. The summed E-state index contributed by atoms with van der Waals surface area (Å²) >= 11 is 0. The first kappa shape index (κ1) is 19.4. The number of amidine groups is 1. The zero-order valence-electron chi connectivity index (χ0n) is 16.5. The fourth-order valence-electron chi connectivity index (χ4n) is 3.82. The van der Waals surface area contributed by atoms with Gasteiger partial charge in [-0.05, 0) is 98.5 Å². The summed E-state index contributed by atoms with van der Waals surface area (Å²) in [6.07, 6.45) is 2.75. The molecule has 0 aromatic heterocycles. The van der Waals surface area contributed by atoms with Crippen LogP contribution in [0.4, 0.5) is 4.39 Å². The highest BCUT2D eigenvalue weighted by Gasteiger charge is 2.21. The Hall–Kier alpha value is -2.40. The highest BCUT2D eigenvalue weighted by atomic mass is 19.1. The molecule has 0 heterocycles. The number of aliphatic hydroxyl groups is 1. The predicted octanol–water partition coefficient (Wildman–Crippen LogP) is 3.58. The summed E-state index contributed by atoms with van der Waals surface area (Å²) in [5, 5.41) is 13.9. The molecule has 1 aliphatic carbocycles. The molecule has 1 aliphatic rings. The Kier molecular flexibility index (Phi) is 5.24. The first-order chi connectivity index (χ1) is 12.7. The minimum atomic E-state index is -0.859. The highest BCUT2D eigenvalue weighted by Crippen LogP contribution is 2.37. The summed E-state index contributed by atoms with van der Waals surface area (Å²) in [7, 11) is 0. The Morgan fingerprint density at radius 2 is 1.81 bits per heavy atom. The lowest BCUT2D eigenvalue weighted by Crippen LogP contribution is -2.33. The van der Waals surface area contributed by atoms with Crippen molar-refractivity contribution in [2.75, 3.05) is 6.54 Å². The molecule has 0 radical (unpaired) electrons. The summed E-state index contributed by atoms with van der Waals surface area (Å²) in [5.41, 5.74) is 15.4. The van der Waals surface area contributed by atoms with E-state index >= 15 is 0 Å². The molecule has 144 valence electrons. The van der Waals surface area contributed by atoms with Gasteiger partial charge in [-0.15, -0.1) is 0 Å². The first-order valence-corrected chi connectivity index (χ1v) is 9.38. The molecule has 27 heavy (non-hydrogen) atoms. The molecular formula is C22H28FN3O. The topological polar surface area (TPSA) is 70.6 Å². The van der Waals surface area contributed by atoms with Gasteiger partial charge in [-0.1, -0.05) is 6.07 Å². The number of nitrogens with two attached hydrogens (primary N) is 1. The number of hydrogen-bond acceptors (Lipinski definition) is 3. The third-order valence-corrected chi connectivity index (χ3v) is 5.04. The van der Waals surface area contributed by atoms with E-state index in [4.69, 9.17) is 5.73 Å². The molecule has 3 rings (SSSR count). The molecule has 0 saturated heterocycles. The van der Waals surface area contributed by atoms with E-state index in [2.05, 4.69) is 10.5 Å². The van der Waals surface area contributed by atoms with Crippen molar-refractivity contribution in [2.24, 2.45) is 10.8 Å². The van der Waals surface area contributed by atoms with Crippen molar-refractivity contribution in [1.82, 2.24) is 5.43 Å². The van der Waals surface area contributed by atoms with Crippen LogP contribution in [0.5, 0.6) is 0 Å². The van der Waals surface area contributed by atoms with Gasteiger partial charge in [0.15, 0.2) is 5.84 Å². The monoisotopic (exact) mass is 369 g/mol. The number of halogens is 1. The van der Waals surface area contributed by atoms with Crippen LogP contribution in [0.25, 0.3) is 11.1 Å². The maximum absolute atomic E-state index is 14.1. The SMILES string of the molecule is Cc1cc(/C(N)=N/NCC(C)(C)O)cc(C)c1-c1ccc(F)c2c1CCC2. The molecule has 0 amide bonds. The van der Waals surface area contributed by atoms with Gasteiger partial charge in [0.2, 0.25) is 0 Å². The lowest BCUT2D eigenvalue weighted by Gasteiger charge is -2.18. The molecule has 0 atom stereocenters. The average Bonchev–Trinajstić information content (AvgIpc) is 3.05. The van der Waals surface area contributed by atoms with Gasteiger partial charge < -0.3 is 16.3 Å². The Labute approximate surface area is 160 Å². The maximum atomic E-state index is 14.1. The van der Waals surface area contributed by atoms with Crippen molar-refractivity contribution >= 4 is 5.84 Å².